The summed E-state index contributed by atoms with van der Waals surface area (Å²) in [6.45, 7) is 0. The lowest BCUT2D eigenvalue weighted by Crippen LogP contribution is -2.20. The standard InChI is InChI=1S/C3H3N4O/c4-3(8)7-2-1-5-6-7/h1H,(H2,4,8). The molecule has 8 heavy (non-hydrogen) atoms. The highest BCUT2D eigenvalue weighted by Crippen LogP contribution is 1.72. The molecule has 0 saturated heterocycles. The zero-order valence-corrected chi connectivity index (χ0v) is 3.90. The minimum atomic E-state index is -0.678. The largest absolute Gasteiger partial charge is 0.350 e. The normalized spacial score (nSPS) is 9.00. The molecule has 1 heterocycles. The fourth-order valence-electron chi connectivity index (χ4n) is 0.291. The summed E-state index contributed by atoms with van der Waals surface area (Å²) in [5.74, 6) is 0. The summed E-state index contributed by atoms with van der Waals surface area (Å²) in [6.07, 6.45) is 3.61. The fraction of sp³-hybridized carbons (Fsp3) is 0. The first-order chi connectivity index (χ1) is 3.80. The molecule has 0 bridgehead atoms. The summed E-state index contributed by atoms with van der Waals surface area (Å²) >= 11 is 0. The Balaban J connectivity index is 2.93. The highest BCUT2D eigenvalue weighted by atomic mass is 16.2. The molecular weight excluding hydrogens is 108 g/mol. The van der Waals surface area contributed by atoms with Crippen LogP contribution >= 0.6 is 0 Å². The molecule has 0 spiro atoms. The molecule has 5 heteroatoms. The van der Waals surface area contributed by atoms with Crippen LogP contribution in [0.2, 0.25) is 0 Å². The van der Waals surface area contributed by atoms with Crippen molar-refractivity contribution < 1.29 is 4.79 Å². The Morgan fingerprint density at radius 2 is 2.62 bits per heavy atom. The van der Waals surface area contributed by atoms with E-state index >= 15 is 0 Å². The predicted octanol–water partition coefficient (Wildman–Crippen LogP) is -0.995. The summed E-state index contributed by atoms with van der Waals surface area (Å²) < 4.78 is 0.819. The maximum Gasteiger partial charge on any atom is 0.341 e. The Labute approximate surface area is 45.1 Å². The van der Waals surface area contributed by atoms with Gasteiger partial charge in [0.1, 0.15) is 6.20 Å². The van der Waals surface area contributed by atoms with Crippen molar-refractivity contribution >= 4 is 6.03 Å². The number of carbonyl (C=O) groups excluding carboxylic acids is 1. The molecule has 0 aromatic carbocycles. The first-order valence-corrected chi connectivity index (χ1v) is 1.89. The number of carbonyl (C=O) groups is 1. The molecule has 1 rings (SSSR count). The van der Waals surface area contributed by atoms with Crippen molar-refractivity contribution in [2.75, 3.05) is 0 Å². The second-order valence-electron chi connectivity index (χ2n) is 1.11. The van der Waals surface area contributed by atoms with Crippen LogP contribution in [-0.4, -0.2) is 21.0 Å². The highest BCUT2D eigenvalue weighted by molar-refractivity contribution is 5.72. The van der Waals surface area contributed by atoms with E-state index in [1.54, 1.807) is 0 Å². The molecule has 0 unspecified atom stereocenters. The molecule has 41 valence electrons. The zero-order chi connectivity index (χ0) is 5.98. The van der Waals surface area contributed by atoms with E-state index in [9.17, 15) is 4.79 Å². The van der Waals surface area contributed by atoms with Crippen LogP contribution in [0.1, 0.15) is 0 Å². The quantitative estimate of drug-likeness (QED) is 0.466. The molecule has 1 amide bonds. The lowest BCUT2D eigenvalue weighted by molar-refractivity contribution is 0.247. The van der Waals surface area contributed by atoms with Crippen LogP contribution in [0.5, 0.6) is 0 Å². The van der Waals surface area contributed by atoms with E-state index in [0.717, 1.165) is 4.68 Å². The van der Waals surface area contributed by atoms with E-state index in [1.165, 1.54) is 6.20 Å². The maximum absolute atomic E-state index is 10.1. The van der Waals surface area contributed by atoms with Gasteiger partial charge in [0.25, 0.3) is 0 Å². The van der Waals surface area contributed by atoms with Crippen LogP contribution in [0.4, 0.5) is 4.79 Å². The molecule has 0 saturated carbocycles. The Kier molecular flexibility index (Phi) is 0.957. The first-order valence-electron chi connectivity index (χ1n) is 1.89. The van der Waals surface area contributed by atoms with Crippen LogP contribution in [0.3, 0.4) is 0 Å². The minimum Gasteiger partial charge on any atom is -0.350 e. The number of nitrogens with zero attached hydrogens (tertiary/aromatic N) is 3. The van der Waals surface area contributed by atoms with Crippen molar-refractivity contribution in [3.05, 3.63) is 12.4 Å². The number of hydrogen-bond acceptors (Lipinski definition) is 3. The van der Waals surface area contributed by atoms with Gasteiger partial charge in [0, 0.05) is 0 Å². The van der Waals surface area contributed by atoms with Crippen molar-refractivity contribution in [2.45, 2.75) is 0 Å². The SMILES string of the molecule is NC(=O)n1[c]cnn1. The van der Waals surface area contributed by atoms with Gasteiger partial charge in [-0.15, -0.1) is 5.10 Å². The molecule has 1 radical (unpaired) electrons. The van der Waals surface area contributed by atoms with Crippen LogP contribution in [0.25, 0.3) is 0 Å². The van der Waals surface area contributed by atoms with Crippen LogP contribution in [0, 0.1) is 6.20 Å². The Bertz CT molecular complexity index is 179. The molecule has 0 aliphatic heterocycles. The lowest BCUT2D eigenvalue weighted by atomic mass is 10.9. The van der Waals surface area contributed by atoms with Crippen LogP contribution < -0.4 is 5.73 Å². The summed E-state index contributed by atoms with van der Waals surface area (Å²) in [5.41, 5.74) is 4.75. The Morgan fingerprint density at radius 3 is 2.88 bits per heavy atom. The van der Waals surface area contributed by atoms with Crippen molar-refractivity contribution in [1.29, 1.82) is 0 Å². The summed E-state index contributed by atoms with van der Waals surface area (Å²) in [4.78, 5) is 10.1. The Morgan fingerprint density at radius 1 is 1.88 bits per heavy atom. The van der Waals surface area contributed by atoms with Gasteiger partial charge in [0.15, 0.2) is 0 Å². The fourth-order valence-corrected chi connectivity index (χ4v) is 0.291. The topological polar surface area (TPSA) is 73.8 Å². The average molecular weight is 111 g/mol. The zero-order valence-electron chi connectivity index (χ0n) is 3.90. The van der Waals surface area contributed by atoms with E-state index < -0.39 is 6.03 Å². The van der Waals surface area contributed by atoms with Gasteiger partial charge in [0.05, 0.1) is 6.20 Å². The van der Waals surface area contributed by atoms with E-state index in [-0.39, 0.29) is 0 Å². The molecular formula is C3H3N4O. The minimum absolute atomic E-state index is 0.678. The molecule has 0 aliphatic carbocycles. The second kappa shape index (κ2) is 1.61. The monoisotopic (exact) mass is 111 g/mol. The lowest BCUT2D eigenvalue weighted by Gasteiger charge is -1.83. The van der Waals surface area contributed by atoms with E-state index in [4.69, 9.17) is 5.73 Å². The molecule has 1 aromatic heterocycles. The van der Waals surface area contributed by atoms with Crippen LogP contribution in [-0.2, 0) is 0 Å². The number of rotatable bonds is 0. The summed E-state index contributed by atoms with van der Waals surface area (Å²) in [5, 5.41) is 6.55. The second-order valence-corrected chi connectivity index (χ2v) is 1.11. The molecule has 1 aromatic rings. The van der Waals surface area contributed by atoms with Gasteiger partial charge in [-0.05, 0) is 0 Å². The summed E-state index contributed by atoms with van der Waals surface area (Å²) in [6, 6.07) is -0.678. The van der Waals surface area contributed by atoms with Gasteiger partial charge >= 0.3 is 6.03 Å². The number of hydrogen-bond donors (Lipinski definition) is 1. The van der Waals surface area contributed by atoms with E-state index in [0.29, 0.717) is 0 Å². The van der Waals surface area contributed by atoms with Gasteiger partial charge in [0.2, 0.25) is 0 Å². The maximum atomic E-state index is 10.1. The third kappa shape index (κ3) is 0.651. The third-order valence-electron chi connectivity index (χ3n) is 0.588. The van der Waals surface area contributed by atoms with Gasteiger partial charge in [-0.3, -0.25) is 0 Å². The number of nitrogens with two attached hydrogens (primary N) is 1. The predicted molar refractivity (Wildman–Crippen MR) is 23.8 cm³/mol. The first kappa shape index (κ1) is 4.76. The van der Waals surface area contributed by atoms with Crippen molar-refractivity contribution in [1.82, 2.24) is 15.0 Å². The molecule has 2 N–H and O–H groups in total. The number of amides is 1. The van der Waals surface area contributed by atoms with Gasteiger partial charge in [-0.2, -0.15) is 4.68 Å². The van der Waals surface area contributed by atoms with E-state index in [2.05, 4.69) is 16.5 Å². The number of primary amides is 1. The molecule has 5 nitrogen and oxygen atoms in total. The molecule has 0 atom stereocenters. The molecule has 0 fully saturated rings. The third-order valence-corrected chi connectivity index (χ3v) is 0.588. The average Bonchev–Trinajstić information content (AvgIpc) is 2.12. The summed E-state index contributed by atoms with van der Waals surface area (Å²) in [7, 11) is 0. The van der Waals surface area contributed by atoms with Crippen molar-refractivity contribution in [3.8, 4) is 0 Å². The highest BCUT2D eigenvalue weighted by Gasteiger charge is 1.94. The van der Waals surface area contributed by atoms with Crippen molar-refractivity contribution in [2.24, 2.45) is 5.73 Å². The van der Waals surface area contributed by atoms with Crippen LogP contribution in [0.15, 0.2) is 6.20 Å². The number of aromatic nitrogens is 3. The Hall–Kier alpha value is -1.39. The van der Waals surface area contributed by atoms with Gasteiger partial charge in [-0.1, -0.05) is 5.21 Å². The van der Waals surface area contributed by atoms with Gasteiger partial charge < -0.3 is 5.73 Å². The smallest absolute Gasteiger partial charge is 0.341 e. The van der Waals surface area contributed by atoms with Gasteiger partial charge in [-0.25, -0.2) is 4.79 Å². The van der Waals surface area contributed by atoms with E-state index in [1.807, 2.05) is 0 Å². The molecule has 0 aliphatic rings. The van der Waals surface area contributed by atoms with Crippen molar-refractivity contribution in [3.63, 3.8) is 0 Å².